The lowest BCUT2D eigenvalue weighted by Crippen LogP contribution is -2.34. The highest BCUT2D eigenvalue weighted by molar-refractivity contribution is 6.31. The van der Waals surface area contributed by atoms with Crippen molar-refractivity contribution in [3.05, 3.63) is 46.5 Å². The highest BCUT2D eigenvalue weighted by Gasteiger charge is 2.36. The van der Waals surface area contributed by atoms with E-state index in [0.29, 0.717) is 18.5 Å². The Morgan fingerprint density at radius 1 is 1.33 bits per heavy atom. The highest BCUT2D eigenvalue weighted by atomic mass is 35.5. The lowest BCUT2D eigenvalue weighted by Gasteiger charge is -2.35. The zero-order chi connectivity index (χ0) is 20.8. The van der Waals surface area contributed by atoms with E-state index >= 15 is 0 Å². The van der Waals surface area contributed by atoms with Gasteiger partial charge in [-0.25, -0.2) is 4.79 Å². The number of nitrogens with one attached hydrogen (secondary N) is 1. The summed E-state index contributed by atoms with van der Waals surface area (Å²) in [4.78, 5) is 19.6. The number of allylic oxidation sites excluding steroid dienone is 2. The van der Waals surface area contributed by atoms with Crippen molar-refractivity contribution in [3.8, 4) is 0 Å². The van der Waals surface area contributed by atoms with Crippen LogP contribution in [0.1, 0.15) is 37.8 Å². The Balaban J connectivity index is 0.000000828. The first-order chi connectivity index (χ1) is 12.3. The number of hydrogen-bond donors (Lipinski definition) is 3. The van der Waals surface area contributed by atoms with Gasteiger partial charge in [0, 0.05) is 18.9 Å². The van der Waals surface area contributed by atoms with Crippen molar-refractivity contribution in [2.24, 2.45) is 5.92 Å². The topological polar surface area (TPSA) is 86.6 Å². The summed E-state index contributed by atoms with van der Waals surface area (Å²) in [6.07, 6.45) is -0.922. The molecule has 0 heterocycles. The van der Waals surface area contributed by atoms with Crippen molar-refractivity contribution in [1.82, 2.24) is 5.32 Å². The van der Waals surface area contributed by atoms with Crippen molar-refractivity contribution in [3.63, 3.8) is 0 Å². The monoisotopic (exact) mass is 407 g/mol. The molecule has 0 saturated heterocycles. The average Bonchev–Trinajstić information content (AvgIpc) is 2.51. The fourth-order valence-electron chi connectivity index (χ4n) is 3.03. The van der Waals surface area contributed by atoms with E-state index in [2.05, 4.69) is 5.32 Å². The molecule has 5 nitrogen and oxygen atoms in total. The quantitative estimate of drug-likeness (QED) is 0.619. The van der Waals surface area contributed by atoms with Crippen LogP contribution in [-0.2, 0) is 16.4 Å². The van der Waals surface area contributed by atoms with Gasteiger partial charge in [0.05, 0.1) is 10.6 Å². The Morgan fingerprint density at radius 2 is 1.93 bits per heavy atom. The van der Waals surface area contributed by atoms with Crippen LogP contribution in [0.3, 0.4) is 0 Å². The Labute approximate surface area is 159 Å². The average molecular weight is 408 g/mol. The second kappa shape index (κ2) is 9.12. The first kappa shape index (κ1) is 22.8. The van der Waals surface area contributed by atoms with E-state index in [9.17, 15) is 18.0 Å². The zero-order valence-corrected chi connectivity index (χ0v) is 15.6. The first-order valence-corrected chi connectivity index (χ1v) is 8.44. The second-order valence-electron chi connectivity index (χ2n) is 6.54. The fraction of sp³-hybridized carbons (Fsp3) is 0.444. The van der Waals surface area contributed by atoms with Gasteiger partial charge >= 0.3 is 12.3 Å². The molecule has 1 aromatic rings. The first-order valence-electron chi connectivity index (χ1n) is 8.06. The van der Waals surface area contributed by atoms with Crippen LogP contribution in [0.2, 0.25) is 5.02 Å². The molecule has 1 aliphatic carbocycles. The molecule has 150 valence electrons. The molecule has 0 fully saturated rings. The van der Waals surface area contributed by atoms with E-state index in [-0.39, 0.29) is 16.8 Å². The SMILES string of the molecule is CC(=O)NCC1CC=CC(C)(c2ccc(Cl)c(C(F)(F)F)c2)C1.O=C(O)O. The van der Waals surface area contributed by atoms with Crippen LogP contribution in [-0.4, -0.2) is 28.8 Å². The minimum absolute atomic E-state index is 0.105. The maximum absolute atomic E-state index is 13.1. The van der Waals surface area contributed by atoms with Crippen molar-refractivity contribution < 1.29 is 33.0 Å². The summed E-state index contributed by atoms with van der Waals surface area (Å²) in [5, 5.41) is 16.4. The van der Waals surface area contributed by atoms with Gasteiger partial charge in [-0.3, -0.25) is 4.79 Å². The number of carbonyl (C=O) groups is 2. The van der Waals surface area contributed by atoms with E-state index in [4.69, 9.17) is 26.6 Å². The third kappa shape index (κ3) is 7.13. The summed E-state index contributed by atoms with van der Waals surface area (Å²) in [6.45, 7) is 3.88. The maximum Gasteiger partial charge on any atom is 0.503 e. The van der Waals surface area contributed by atoms with Crippen molar-refractivity contribution in [2.45, 2.75) is 38.3 Å². The van der Waals surface area contributed by atoms with Gasteiger partial charge in [0.15, 0.2) is 0 Å². The number of amides is 1. The molecule has 2 atom stereocenters. The molecule has 0 spiro atoms. The number of carboxylic acid groups (broad SMARTS) is 2. The van der Waals surface area contributed by atoms with E-state index in [1.54, 1.807) is 6.07 Å². The van der Waals surface area contributed by atoms with Crippen LogP contribution in [0.4, 0.5) is 18.0 Å². The van der Waals surface area contributed by atoms with Gasteiger partial charge < -0.3 is 15.5 Å². The summed E-state index contributed by atoms with van der Waals surface area (Å²) in [7, 11) is 0. The number of carbonyl (C=O) groups excluding carboxylic acids is 1. The minimum Gasteiger partial charge on any atom is -0.450 e. The van der Waals surface area contributed by atoms with Crippen LogP contribution in [0.25, 0.3) is 0 Å². The van der Waals surface area contributed by atoms with E-state index in [1.807, 2.05) is 19.1 Å². The standard InChI is InChI=1S/C17H19ClF3NO.CH2O3/c1-11(23)22-10-12-4-3-7-16(2,9-12)13-5-6-15(18)14(8-13)17(19,20)21;2-1(3)4/h3,5-8,12H,4,9-10H2,1-2H3,(H,22,23);(H2,2,3,4). The zero-order valence-electron chi connectivity index (χ0n) is 14.8. The van der Waals surface area contributed by atoms with Crippen molar-refractivity contribution in [1.29, 1.82) is 0 Å². The third-order valence-corrected chi connectivity index (χ3v) is 4.57. The molecule has 1 aliphatic rings. The molecule has 0 radical (unpaired) electrons. The summed E-state index contributed by atoms with van der Waals surface area (Å²) < 4.78 is 39.2. The van der Waals surface area contributed by atoms with Crippen molar-refractivity contribution >= 4 is 23.7 Å². The molecular formula is C18H21ClF3NO4. The minimum atomic E-state index is -4.47. The highest BCUT2D eigenvalue weighted by Crippen LogP contribution is 2.41. The summed E-state index contributed by atoms with van der Waals surface area (Å²) >= 11 is 5.69. The third-order valence-electron chi connectivity index (χ3n) is 4.24. The molecule has 1 amide bonds. The van der Waals surface area contributed by atoms with Crippen molar-refractivity contribution in [2.75, 3.05) is 6.54 Å². The summed E-state index contributed by atoms with van der Waals surface area (Å²) in [5.74, 6) is 0.0889. The van der Waals surface area contributed by atoms with E-state index in [0.717, 1.165) is 12.5 Å². The van der Waals surface area contributed by atoms with Gasteiger partial charge in [-0.15, -0.1) is 0 Å². The van der Waals surface area contributed by atoms with Gasteiger partial charge in [-0.05, 0) is 36.5 Å². The van der Waals surface area contributed by atoms with Gasteiger partial charge in [-0.1, -0.05) is 36.7 Å². The molecule has 2 rings (SSSR count). The van der Waals surface area contributed by atoms with Crippen LogP contribution in [0, 0.1) is 5.92 Å². The Morgan fingerprint density at radius 3 is 2.44 bits per heavy atom. The second-order valence-corrected chi connectivity index (χ2v) is 6.94. The van der Waals surface area contributed by atoms with Crippen LogP contribution in [0.15, 0.2) is 30.4 Å². The van der Waals surface area contributed by atoms with Gasteiger partial charge in [0.2, 0.25) is 5.91 Å². The maximum atomic E-state index is 13.1. The Hall–Kier alpha value is -2.22. The predicted molar refractivity (Wildman–Crippen MR) is 95.0 cm³/mol. The molecule has 2 unspecified atom stereocenters. The molecule has 0 bridgehead atoms. The molecule has 27 heavy (non-hydrogen) atoms. The molecule has 3 N–H and O–H groups in total. The summed E-state index contributed by atoms with van der Waals surface area (Å²) in [6, 6.07) is 4.08. The number of benzene rings is 1. The lowest BCUT2D eigenvalue weighted by atomic mass is 9.71. The number of hydrogen-bond acceptors (Lipinski definition) is 2. The molecule has 1 aromatic carbocycles. The van der Waals surface area contributed by atoms with E-state index in [1.165, 1.54) is 13.0 Å². The summed E-state index contributed by atoms with van der Waals surface area (Å²) in [5.41, 5.74) is -0.736. The molecule has 9 heteroatoms. The predicted octanol–water partition coefficient (Wildman–Crippen LogP) is 4.94. The molecule has 0 saturated carbocycles. The van der Waals surface area contributed by atoms with Crippen LogP contribution in [0.5, 0.6) is 0 Å². The number of halogens is 4. The fourth-order valence-corrected chi connectivity index (χ4v) is 3.25. The number of alkyl halides is 3. The van der Waals surface area contributed by atoms with Gasteiger partial charge in [-0.2, -0.15) is 13.2 Å². The van der Waals surface area contributed by atoms with Crippen LogP contribution >= 0.6 is 11.6 Å². The normalized spacial score (nSPS) is 21.8. The smallest absolute Gasteiger partial charge is 0.450 e. The van der Waals surface area contributed by atoms with Gasteiger partial charge in [0.25, 0.3) is 0 Å². The number of rotatable bonds is 3. The molecule has 0 aliphatic heterocycles. The van der Waals surface area contributed by atoms with E-state index < -0.39 is 23.3 Å². The lowest BCUT2D eigenvalue weighted by molar-refractivity contribution is -0.137. The molecular weight excluding hydrogens is 387 g/mol. The molecule has 0 aromatic heterocycles. The van der Waals surface area contributed by atoms with Gasteiger partial charge in [0.1, 0.15) is 0 Å². The Kier molecular flexibility index (Phi) is 7.71. The largest absolute Gasteiger partial charge is 0.503 e. The Bertz CT molecular complexity index is 717. The van der Waals surface area contributed by atoms with Crippen LogP contribution < -0.4 is 5.32 Å².